The third-order valence-corrected chi connectivity index (χ3v) is 6.90. The highest BCUT2D eigenvalue weighted by Gasteiger charge is 2.35. The van der Waals surface area contributed by atoms with Crippen LogP contribution in [0, 0.1) is 5.82 Å². The Balaban J connectivity index is 1.34. The molecule has 1 saturated carbocycles. The van der Waals surface area contributed by atoms with E-state index in [4.69, 9.17) is 4.74 Å². The Labute approximate surface area is 202 Å². The molecule has 1 heterocycles. The van der Waals surface area contributed by atoms with E-state index in [9.17, 15) is 9.18 Å². The summed E-state index contributed by atoms with van der Waals surface area (Å²) in [5, 5.41) is 9.27. The fourth-order valence-electron chi connectivity index (χ4n) is 4.19. The van der Waals surface area contributed by atoms with Gasteiger partial charge in [-0.2, -0.15) is 0 Å². The van der Waals surface area contributed by atoms with Crippen LogP contribution in [0.25, 0.3) is 5.69 Å². The fourth-order valence-corrected chi connectivity index (χ4v) is 5.02. The molecule has 0 spiro atoms. The topological polar surface area (TPSA) is 60.2 Å². The minimum Gasteiger partial charge on any atom is -0.483 e. The second-order valence-corrected chi connectivity index (χ2v) is 9.46. The molecule has 0 unspecified atom stereocenters. The second kappa shape index (κ2) is 10.4. The van der Waals surface area contributed by atoms with Crippen LogP contribution in [0.3, 0.4) is 0 Å². The lowest BCUT2D eigenvalue weighted by Crippen LogP contribution is -2.34. The van der Waals surface area contributed by atoms with Crippen molar-refractivity contribution in [2.75, 3.05) is 5.75 Å². The number of carbonyl (C=O) groups excluding carboxylic acids is 1. The molecule has 0 aliphatic heterocycles. The van der Waals surface area contributed by atoms with Crippen molar-refractivity contribution in [3.63, 3.8) is 0 Å². The van der Waals surface area contributed by atoms with Crippen LogP contribution < -0.4 is 4.74 Å². The summed E-state index contributed by atoms with van der Waals surface area (Å²) in [7, 11) is 0. The number of halogens is 1. The number of aromatic nitrogens is 3. The molecule has 2 aliphatic rings. The lowest BCUT2D eigenvalue weighted by Gasteiger charge is -2.27. The van der Waals surface area contributed by atoms with Crippen molar-refractivity contribution in [3.8, 4) is 11.4 Å². The molecular formula is C26H27FN4O2S. The summed E-state index contributed by atoms with van der Waals surface area (Å²) in [6.07, 6.45) is 8.75. The summed E-state index contributed by atoms with van der Waals surface area (Å²) in [4.78, 5) is 15.3. The van der Waals surface area contributed by atoms with Crippen LogP contribution in [0.2, 0.25) is 0 Å². The predicted octanol–water partition coefficient (Wildman–Crippen LogP) is 5.53. The zero-order valence-corrected chi connectivity index (χ0v) is 19.7. The van der Waals surface area contributed by atoms with E-state index in [2.05, 4.69) is 16.3 Å². The number of carbonyl (C=O) groups is 1. The summed E-state index contributed by atoms with van der Waals surface area (Å²) >= 11 is 1.37. The van der Waals surface area contributed by atoms with E-state index in [0.29, 0.717) is 17.0 Å². The van der Waals surface area contributed by atoms with Gasteiger partial charge in [-0.05, 0) is 62.8 Å². The van der Waals surface area contributed by atoms with Crippen molar-refractivity contribution in [2.24, 2.45) is 0 Å². The molecule has 0 bridgehead atoms. The largest absolute Gasteiger partial charge is 0.483 e. The third kappa shape index (κ3) is 5.17. The highest BCUT2D eigenvalue weighted by molar-refractivity contribution is 7.99. The SMILES string of the molecule is O=C(CSc1nnc(COc2ccccc2F)n1-c1ccccc1)N(C1=CCCCC1)C1CC1. The minimum atomic E-state index is -0.425. The Morgan fingerprint density at radius 1 is 1.09 bits per heavy atom. The molecule has 5 rings (SSSR count). The average molecular weight is 479 g/mol. The van der Waals surface area contributed by atoms with E-state index in [-0.39, 0.29) is 24.0 Å². The second-order valence-electron chi connectivity index (χ2n) is 8.51. The maximum absolute atomic E-state index is 14.0. The maximum atomic E-state index is 14.0. The van der Waals surface area contributed by atoms with Gasteiger partial charge in [0.15, 0.2) is 22.5 Å². The van der Waals surface area contributed by atoms with Crippen LogP contribution >= 0.6 is 11.8 Å². The molecule has 176 valence electrons. The van der Waals surface area contributed by atoms with Crippen LogP contribution in [-0.4, -0.2) is 37.4 Å². The van der Waals surface area contributed by atoms with Crippen LogP contribution in [0.1, 0.15) is 44.3 Å². The summed E-state index contributed by atoms with van der Waals surface area (Å²) in [6.45, 7) is 0.0540. The van der Waals surface area contributed by atoms with E-state index in [0.717, 1.165) is 37.8 Å². The number of para-hydroxylation sites is 2. The molecule has 0 saturated heterocycles. The summed E-state index contributed by atoms with van der Waals surface area (Å²) in [6, 6.07) is 16.3. The van der Waals surface area contributed by atoms with Gasteiger partial charge in [0.25, 0.3) is 0 Å². The molecule has 1 amide bonds. The number of thioether (sulfide) groups is 1. The Hall–Kier alpha value is -3.13. The van der Waals surface area contributed by atoms with Crippen molar-refractivity contribution >= 4 is 17.7 Å². The van der Waals surface area contributed by atoms with Gasteiger partial charge in [0, 0.05) is 17.4 Å². The first-order valence-corrected chi connectivity index (χ1v) is 12.7. The number of amides is 1. The molecule has 34 heavy (non-hydrogen) atoms. The Kier molecular flexibility index (Phi) is 6.94. The van der Waals surface area contributed by atoms with E-state index < -0.39 is 5.82 Å². The van der Waals surface area contributed by atoms with E-state index in [1.165, 1.54) is 29.9 Å². The molecule has 1 fully saturated rings. The molecule has 0 N–H and O–H groups in total. The number of hydrogen-bond acceptors (Lipinski definition) is 5. The average Bonchev–Trinajstić information content (AvgIpc) is 3.62. The van der Waals surface area contributed by atoms with E-state index in [1.807, 2.05) is 39.8 Å². The number of ether oxygens (including phenoxy) is 1. The fraction of sp³-hybridized carbons (Fsp3) is 0.346. The minimum absolute atomic E-state index is 0.0540. The summed E-state index contributed by atoms with van der Waals surface area (Å²) in [5.41, 5.74) is 2.05. The van der Waals surface area contributed by atoms with Crippen molar-refractivity contribution in [2.45, 2.75) is 56.3 Å². The standard InChI is InChI=1S/C26H27FN4O2S/c27-22-13-7-8-14-23(22)33-17-24-28-29-26(31(24)20-11-5-2-6-12-20)34-18-25(32)30(21-15-16-21)19-9-3-1-4-10-19/h2,5-9,11-14,21H,1,3-4,10,15-18H2. The summed E-state index contributed by atoms with van der Waals surface area (Å²) in [5.74, 6) is 0.680. The van der Waals surface area contributed by atoms with Crippen LogP contribution in [0.5, 0.6) is 5.75 Å². The first-order valence-electron chi connectivity index (χ1n) is 11.7. The highest BCUT2D eigenvalue weighted by atomic mass is 32.2. The molecule has 0 atom stereocenters. The van der Waals surface area contributed by atoms with Crippen LogP contribution in [0.15, 0.2) is 71.5 Å². The molecule has 0 radical (unpaired) electrons. The first-order chi connectivity index (χ1) is 16.7. The number of nitrogens with zero attached hydrogens (tertiary/aromatic N) is 4. The van der Waals surface area contributed by atoms with Crippen LogP contribution in [0.4, 0.5) is 4.39 Å². The number of benzene rings is 2. The monoisotopic (exact) mass is 478 g/mol. The smallest absolute Gasteiger partial charge is 0.237 e. The molecule has 6 nitrogen and oxygen atoms in total. The van der Waals surface area contributed by atoms with Gasteiger partial charge in [-0.3, -0.25) is 9.36 Å². The quantitative estimate of drug-likeness (QED) is 0.379. The number of allylic oxidation sites excluding steroid dienone is 2. The van der Waals surface area contributed by atoms with Gasteiger partial charge in [-0.1, -0.05) is 48.2 Å². The lowest BCUT2D eigenvalue weighted by molar-refractivity contribution is -0.127. The molecule has 8 heteroatoms. The Morgan fingerprint density at radius 3 is 2.62 bits per heavy atom. The van der Waals surface area contributed by atoms with E-state index in [1.54, 1.807) is 18.2 Å². The third-order valence-electron chi connectivity index (χ3n) is 5.99. The van der Waals surface area contributed by atoms with Gasteiger partial charge in [0.1, 0.15) is 6.61 Å². The molecule has 2 aliphatic carbocycles. The molecular weight excluding hydrogens is 451 g/mol. The number of rotatable bonds is 9. The Morgan fingerprint density at radius 2 is 1.88 bits per heavy atom. The van der Waals surface area contributed by atoms with Crippen molar-refractivity contribution in [3.05, 3.63) is 78.0 Å². The maximum Gasteiger partial charge on any atom is 0.237 e. The first kappa shape index (κ1) is 22.7. The molecule has 3 aromatic rings. The predicted molar refractivity (Wildman–Crippen MR) is 129 cm³/mol. The highest BCUT2D eigenvalue weighted by Crippen LogP contribution is 2.35. The molecule has 1 aromatic heterocycles. The summed E-state index contributed by atoms with van der Waals surface area (Å²) < 4.78 is 21.6. The number of hydrogen-bond donors (Lipinski definition) is 0. The van der Waals surface area contributed by atoms with Crippen molar-refractivity contribution in [1.82, 2.24) is 19.7 Å². The van der Waals surface area contributed by atoms with Gasteiger partial charge in [-0.15, -0.1) is 10.2 Å². The van der Waals surface area contributed by atoms with Crippen molar-refractivity contribution < 1.29 is 13.9 Å². The molecule has 2 aromatic carbocycles. The van der Waals surface area contributed by atoms with Gasteiger partial charge in [0.2, 0.25) is 5.91 Å². The van der Waals surface area contributed by atoms with Gasteiger partial charge < -0.3 is 9.64 Å². The van der Waals surface area contributed by atoms with Crippen molar-refractivity contribution in [1.29, 1.82) is 0 Å². The zero-order chi connectivity index (χ0) is 23.3. The Bertz CT molecular complexity index is 1180. The van der Waals surface area contributed by atoms with Gasteiger partial charge >= 0.3 is 0 Å². The van der Waals surface area contributed by atoms with Crippen LogP contribution in [-0.2, 0) is 11.4 Å². The lowest BCUT2D eigenvalue weighted by atomic mass is 10.0. The normalized spacial score (nSPS) is 15.6. The zero-order valence-electron chi connectivity index (χ0n) is 18.9. The van der Waals surface area contributed by atoms with E-state index >= 15 is 0 Å². The van der Waals surface area contributed by atoms with Gasteiger partial charge in [-0.25, -0.2) is 4.39 Å². The van der Waals surface area contributed by atoms with Gasteiger partial charge in [0.05, 0.1) is 5.75 Å².